The van der Waals surface area contributed by atoms with Crippen LogP contribution >= 0.6 is 0 Å². The van der Waals surface area contributed by atoms with Crippen LogP contribution in [-0.4, -0.2) is 40.3 Å². The Morgan fingerprint density at radius 1 is 1.10 bits per heavy atom. The van der Waals surface area contributed by atoms with E-state index in [0.29, 0.717) is 27.8 Å². The third-order valence-electron chi connectivity index (χ3n) is 4.40. The average Bonchev–Trinajstić information content (AvgIpc) is 3.16. The second kappa shape index (κ2) is 7.64. The van der Waals surface area contributed by atoms with Crippen molar-refractivity contribution in [3.8, 4) is 5.69 Å². The lowest BCUT2D eigenvalue weighted by atomic mass is 10.2. The molecule has 0 aliphatic rings. The summed E-state index contributed by atoms with van der Waals surface area (Å²) in [6.07, 6.45) is 5.61. The van der Waals surface area contributed by atoms with Crippen LogP contribution in [0.2, 0.25) is 0 Å². The molecule has 1 amide bonds. The van der Waals surface area contributed by atoms with Gasteiger partial charge in [-0.15, -0.1) is 0 Å². The number of nitrogens with zero attached hydrogens (tertiary/aromatic N) is 4. The fraction of sp³-hybridized carbons (Fsp3) is 0.100. The smallest absolute Gasteiger partial charge is 0.253 e. The predicted molar refractivity (Wildman–Crippen MR) is 107 cm³/mol. The highest BCUT2D eigenvalue weighted by Gasteiger charge is 2.15. The first-order chi connectivity index (χ1) is 14.3. The summed E-state index contributed by atoms with van der Waals surface area (Å²) in [5.74, 6) is -0.764. The number of carbonyl (C=O) groups excluding carboxylic acids is 1. The number of amides is 1. The van der Waals surface area contributed by atoms with Crippen molar-refractivity contribution in [2.45, 2.75) is 11.6 Å². The van der Waals surface area contributed by atoms with Gasteiger partial charge in [0.15, 0.2) is 14.9 Å². The molecule has 0 aliphatic heterocycles. The van der Waals surface area contributed by atoms with E-state index in [-0.39, 0.29) is 17.4 Å². The van der Waals surface area contributed by atoms with Gasteiger partial charge in [-0.05, 0) is 36.4 Å². The normalized spacial score (nSPS) is 11.5. The molecule has 10 heteroatoms. The molecule has 3 aromatic heterocycles. The van der Waals surface area contributed by atoms with Crippen LogP contribution in [0.5, 0.6) is 0 Å². The molecule has 3 heterocycles. The molecule has 0 spiro atoms. The minimum absolute atomic E-state index is 0.0463. The minimum atomic E-state index is -3.44. The molecule has 0 unspecified atom stereocenters. The van der Waals surface area contributed by atoms with Crippen LogP contribution in [0.15, 0.2) is 66.1 Å². The number of hydrogen-bond donors (Lipinski definition) is 1. The first kappa shape index (κ1) is 19.6. The summed E-state index contributed by atoms with van der Waals surface area (Å²) >= 11 is 0. The van der Waals surface area contributed by atoms with Crippen molar-refractivity contribution in [1.29, 1.82) is 0 Å². The van der Waals surface area contributed by atoms with Crippen molar-refractivity contribution in [2.75, 3.05) is 6.26 Å². The Bertz CT molecular complexity index is 1350. The number of carbonyl (C=O) groups is 1. The summed E-state index contributed by atoms with van der Waals surface area (Å²) < 4.78 is 38.0. The van der Waals surface area contributed by atoms with Gasteiger partial charge in [-0.1, -0.05) is 6.07 Å². The van der Waals surface area contributed by atoms with Gasteiger partial charge in [0.25, 0.3) is 5.91 Å². The first-order valence-electron chi connectivity index (χ1n) is 8.85. The number of halogens is 1. The zero-order chi connectivity index (χ0) is 21.3. The summed E-state index contributed by atoms with van der Waals surface area (Å²) in [6, 6.07) is 10.4. The summed E-state index contributed by atoms with van der Waals surface area (Å²) in [4.78, 5) is 20.9. The van der Waals surface area contributed by atoms with Gasteiger partial charge in [0.05, 0.1) is 41.4 Å². The number of benzene rings is 1. The molecule has 0 radical (unpaired) electrons. The van der Waals surface area contributed by atoms with Crippen molar-refractivity contribution in [3.63, 3.8) is 0 Å². The van der Waals surface area contributed by atoms with Crippen LogP contribution in [0.3, 0.4) is 0 Å². The van der Waals surface area contributed by atoms with Gasteiger partial charge in [0, 0.05) is 17.8 Å². The number of aromatic nitrogens is 4. The highest BCUT2D eigenvalue weighted by molar-refractivity contribution is 7.90. The molecule has 0 fully saturated rings. The minimum Gasteiger partial charge on any atom is -0.346 e. The van der Waals surface area contributed by atoms with Crippen LogP contribution < -0.4 is 5.32 Å². The van der Waals surface area contributed by atoms with Crippen molar-refractivity contribution >= 4 is 26.6 Å². The van der Waals surface area contributed by atoms with Gasteiger partial charge in [0.1, 0.15) is 5.82 Å². The summed E-state index contributed by atoms with van der Waals surface area (Å²) in [5, 5.41) is 7.53. The lowest BCUT2D eigenvalue weighted by Crippen LogP contribution is -2.24. The molecule has 0 atom stereocenters. The summed E-state index contributed by atoms with van der Waals surface area (Å²) in [7, 11) is -3.44. The molecule has 0 saturated heterocycles. The number of fused-ring (bicyclic) bond motifs is 1. The van der Waals surface area contributed by atoms with E-state index in [1.807, 2.05) is 0 Å². The zero-order valence-corrected chi connectivity index (χ0v) is 16.6. The number of sulfone groups is 1. The summed E-state index contributed by atoms with van der Waals surface area (Å²) in [5.41, 5.74) is 1.94. The Hall–Kier alpha value is -3.66. The van der Waals surface area contributed by atoms with Crippen molar-refractivity contribution in [2.24, 2.45) is 0 Å². The lowest BCUT2D eigenvalue weighted by molar-refractivity contribution is 0.0951. The zero-order valence-electron chi connectivity index (χ0n) is 15.8. The molecule has 0 bridgehead atoms. The first-order valence-corrected chi connectivity index (χ1v) is 10.7. The van der Waals surface area contributed by atoms with Crippen molar-refractivity contribution in [1.82, 2.24) is 25.1 Å². The second-order valence-corrected chi connectivity index (χ2v) is 8.54. The molecule has 4 rings (SSSR count). The average molecular weight is 425 g/mol. The van der Waals surface area contributed by atoms with Crippen LogP contribution in [0.25, 0.3) is 16.6 Å². The molecule has 0 aliphatic carbocycles. The molecular weight excluding hydrogens is 409 g/mol. The topological polar surface area (TPSA) is 107 Å². The van der Waals surface area contributed by atoms with Crippen molar-refractivity contribution < 1.29 is 17.6 Å². The lowest BCUT2D eigenvalue weighted by Gasteiger charge is -2.07. The Morgan fingerprint density at radius 2 is 1.87 bits per heavy atom. The van der Waals surface area contributed by atoms with E-state index in [2.05, 4.69) is 20.4 Å². The third kappa shape index (κ3) is 3.90. The van der Waals surface area contributed by atoms with E-state index in [1.54, 1.807) is 35.1 Å². The van der Waals surface area contributed by atoms with Gasteiger partial charge in [0.2, 0.25) is 0 Å². The van der Waals surface area contributed by atoms with Gasteiger partial charge >= 0.3 is 0 Å². The maximum absolute atomic E-state index is 13.2. The van der Waals surface area contributed by atoms with Crippen LogP contribution in [0.1, 0.15) is 16.1 Å². The van der Waals surface area contributed by atoms with E-state index in [0.717, 1.165) is 6.26 Å². The highest BCUT2D eigenvalue weighted by atomic mass is 32.2. The molecule has 1 N–H and O–H groups in total. The predicted octanol–water partition coefficient (Wildman–Crippen LogP) is 2.29. The van der Waals surface area contributed by atoms with E-state index in [9.17, 15) is 17.6 Å². The maximum atomic E-state index is 13.2. The second-order valence-electron chi connectivity index (χ2n) is 6.57. The monoisotopic (exact) mass is 425 g/mol. The Kier molecular flexibility index (Phi) is 5.00. The standard InChI is InChI=1S/C20H16FN5O3S/c1-30(28,29)19-4-2-3-14(25-19)9-23-20(27)17-10-22-12-18-16(17)11-24-26(18)15-7-5-13(21)6-8-15/h2-8,10-12H,9H2,1H3,(H,23,27). The quantitative estimate of drug-likeness (QED) is 0.526. The number of nitrogens with one attached hydrogen (secondary N) is 1. The van der Waals surface area contributed by atoms with E-state index in [1.165, 1.54) is 30.6 Å². The number of hydrogen-bond acceptors (Lipinski definition) is 6. The van der Waals surface area contributed by atoms with E-state index >= 15 is 0 Å². The fourth-order valence-corrected chi connectivity index (χ4v) is 3.55. The van der Waals surface area contributed by atoms with Crippen molar-refractivity contribution in [3.05, 3.63) is 78.1 Å². The molecule has 1 aromatic carbocycles. The Balaban J connectivity index is 1.59. The number of pyridine rings is 2. The van der Waals surface area contributed by atoms with Gasteiger partial charge in [-0.3, -0.25) is 9.78 Å². The third-order valence-corrected chi connectivity index (χ3v) is 5.39. The van der Waals surface area contributed by atoms with Crippen LogP contribution in [0, 0.1) is 5.82 Å². The largest absolute Gasteiger partial charge is 0.346 e. The summed E-state index contributed by atoms with van der Waals surface area (Å²) in [6.45, 7) is 0.0463. The molecule has 30 heavy (non-hydrogen) atoms. The molecular formula is C20H16FN5O3S. The van der Waals surface area contributed by atoms with E-state index in [4.69, 9.17) is 0 Å². The van der Waals surface area contributed by atoms with E-state index < -0.39 is 15.7 Å². The molecule has 152 valence electrons. The molecule has 4 aromatic rings. The number of rotatable bonds is 5. The van der Waals surface area contributed by atoms with Crippen LogP contribution in [0.4, 0.5) is 4.39 Å². The Morgan fingerprint density at radius 3 is 2.60 bits per heavy atom. The van der Waals surface area contributed by atoms with Gasteiger partial charge in [-0.2, -0.15) is 5.10 Å². The highest BCUT2D eigenvalue weighted by Crippen LogP contribution is 2.21. The maximum Gasteiger partial charge on any atom is 0.253 e. The fourth-order valence-electron chi connectivity index (χ4n) is 2.94. The molecule has 0 saturated carbocycles. The Labute approximate surface area is 171 Å². The van der Waals surface area contributed by atoms with Gasteiger partial charge < -0.3 is 5.32 Å². The van der Waals surface area contributed by atoms with Gasteiger partial charge in [-0.25, -0.2) is 22.5 Å². The van der Waals surface area contributed by atoms with Crippen LogP contribution in [-0.2, 0) is 16.4 Å². The SMILES string of the molecule is CS(=O)(=O)c1cccc(CNC(=O)c2cncc3c2cnn3-c2ccc(F)cc2)n1. The molecule has 8 nitrogen and oxygen atoms in total.